The van der Waals surface area contributed by atoms with E-state index in [1.807, 2.05) is 13.8 Å². The maximum absolute atomic E-state index is 11.5. The highest BCUT2D eigenvalue weighted by Gasteiger charge is 2.21. The molecule has 0 fully saturated rings. The first-order valence-electron chi connectivity index (χ1n) is 6.04. The van der Waals surface area contributed by atoms with Crippen molar-refractivity contribution in [3.63, 3.8) is 0 Å². The molecule has 0 aliphatic carbocycles. The largest absolute Gasteiger partial charge is 0.480 e. The number of aromatic nitrogens is 1. The van der Waals surface area contributed by atoms with Crippen LogP contribution >= 0.6 is 0 Å². The highest BCUT2D eigenvalue weighted by atomic mass is 16.5. The van der Waals surface area contributed by atoms with Gasteiger partial charge >= 0.3 is 12.1 Å². The Labute approximate surface area is 111 Å². The number of amides is 1. The third-order valence-electron chi connectivity index (χ3n) is 2.42. The fourth-order valence-corrected chi connectivity index (χ4v) is 1.50. The number of pyridine rings is 1. The Morgan fingerprint density at radius 1 is 1.37 bits per heavy atom. The Hall–Kier alpha value is -2.11. The van der Waals surface area contributed by atoms with Crippen LogP contribution < -0.4 is 5.32 Å². The van der Waals surface area contributed by atoms with Gasteiger partial charge in [-0.25, -0.2) is 9.59 Å². The first-order valence-corrected chi connectivity index (χ1v) is 6.04. The van der Waals surface area contributed by atoms with Gasteiger partial charge in [0.05, 0.1) is 0 Å². The molecule has 0 aliphatic heterocycles. The number of rotatable bonds is 6. The Bertz CT molecular complexity index is 420. The van der Waals surface area contributed by atoms with Gasteiger partial charge in [-0.1, -0.05) is 13.8 Å². The zero-order chi connectivity index (χ0) is 14.3. The number of carboxylic acids is 1. The van der Waals surface area contributed by atoms with Crippen molar-refractivity contribution in [2.24, 2.45) is 5.92 Å². The van der Waals surface area contributed by atoms with Crippen molar-refractivity contribution >= 4 is 12.1 Å². The van der Waals surface area contributed by atoms with E-state index < -0.39 is 18.1 Å². The van der Waals surface area contributed by atoms with Crippen LogP contribution in [0.4, 0.5) is 4.79 Å². The number of aliphatic carboxylic acids is 1. The maximum Gasteiger partial charge on any atom is 0.408 e. The van der Waals surface area contributed by atoms with E-state index in [1.54, 1.807) is 24.5 Å². The molecule has 0 aliphatic rings. The minimum atomic E-state index is -1.06. The number of carbonyl (C=O) groups is 2. The lowest BCUT2D eigenvalue weighted by Crippen LogP contribution is -2.41. The third kappa shape index (κ3) is 5.85. The highest BCUT2D eigenvalue weighted by molar-refractivity contribution is 5.79. The minimum absolute atomic E-state index is 0.0857. The lowest BCUT2D eigenvalue weighted by atomic mass is 10.0. The minimum Gasteiger partial charge on any atom is -0.480 e. The number of nitrogens with one attached hydrogen (secondary N) is 1. The van der Waals surface area contributed by atoms with Crippen molar-refractivity contribution in [3.8, 4) is 0 Å². The molecule has 2 N–H and O–H groups in total. The average Bonchev–Trinajstić information content (AvgIpc) is 2.36. The zero-order valence-corrected chi connectivity index (χ0v) is 11.0. The second kappa shape index (κ2) is 7.35. The Kier molecular flexibility index (Phi) is 5.78. The molecule has 0 bridgehead atoms. The fraction of sp³-hybridized carbons (Fsp3) is 0.462. The lowest BCUT2D eigenvalue weighted by molar-refractivity contribution is -0.139. The molecule has 6 heteroatoms. The number of hydrogen-bond donors (Lipinski definition) is 2. The molecule has 1 aromatic heterocycles. The molecule has 0 radical (unpaired) electrons. The maximum atomic E-state index is 11.5. The molecule has 1 aromatic rings. The smallest absolute Gasteiger partial charge is 0.408 e. The molecule has 1 atom stereocenters. The van der Waals surface area contributed by atoms with Crippen LogP contribution in [-0.2, 0) is 16.1 Å². The summed E-state index contributed by atoms with van der Waals surface area (Å²) in [6, 6.07) is 2.51. The normalized spacial score (nSPS) is 11.9. The first-order chi connectivity index (χ1) is 8.99. The van der Waals surface area contributed by atoms with Gasteiger partial charge in [-0.05, 0) is 30.0 Å². The molecule has 1 heterocycles. The standard InChI is InChI=1S/C13H18N2O4/c1-9(2)7-11(12(16)17)15-13(18)19-8-10-3-5-14-6-4-10/h3-6,9,11H,7-8H2,1-2H3,(H,15,18)(H,16,17). The molecule has 6 nitrogen and oxygen atoms in total. The van der Waals surface area contributed by atoms with Gasteiger partial charge in [0.1, 0.15) is 12.6 Å². The van der Waals surface area contributed by atoms with E-state index in [9.17, 15) is 9.59 Å². The number of nitrogens with zero attached hydrogens (tertiary/aromatic N) is 1. The Morgan fingerprint density at radius 3 is 2.53 bits per heavy atom. The summed E-state index contributed by atoms with van der Waals surface area (Å²) >= 11 is 0. The van der Waals surface area contributed by atoms with Gasteiger partial charge in [-0.15, -0.1) is 0 Å². The average molecular weight is 266 g/mol. The van der Waals surface area contributed by atoms with Crippen LogP contribution in [0.1, 0.15) is 25.8 Å². The van der Waals surface area contributed by atoms with Gasteiger partial charge in [0, 0.05) is 12.4 Å². The van der Waals surface area contributed by atoms with Crippen molar-refractivity contribution < 1.29 is 19.4 Å². The Morgan fingerprint density at radius 2 is 2.00 bits per heavy atom. The first kappa shape index (κ1) is 14.9. The topological polar surface area (TPSA) is 88.5 Å². The van der Waals surface area contributed by atoms with Crippen molar-refractivity contribution in [2.45, 2.75) is 32.9 Å². The van der Waals surface area contributed by atoms with E-state index in [1.165, 1.54) is 0 Å². The second-order valence-corrected chi connectivity index (χ2v) is 4.60. The van der Waals surface area contributed by atoms with Crippen LogP contribution in [0.2, 0.25) is 0 Å². The summed E-state index contributed by atoms with van der Waals surface area (Å²) in [4.78, 5) is 26.3. The predicted octanol–water partition coefficient (Wildman–Crippen LogP) is 1.81. The summed E-state index contributed by atoms with van der Waals surface area (Å²) in [5.41, 5.74) is 0.792. The zero-order valence-electron chi connectivity index (χ0n) is 11.0. The van der Waals surface area contributed by atoms with Gasteiger partial charge in [-0.3, -0.25) is 4.98 Å². The SMILES string of the molecule is CC(C)CC(NC(=O)OCc1ccncc1)C(=O)O. The van der Waals surface area contributed by atoms with E-state index in [0.29, 0.717) is 6.42 Å². The number of carboxylic acid groups (broad SMARTS) is 1. The van der Waals surface area contributed by atoms with E-state index in [4.69, 9.17) is 9.84 Å². The number of carbonyl (C=O) groups excluding carboxylic acids is 1. The van der Waals surface area contributed by atoms with Gasteiger partial charge < -0.3 is 15.2 Å². The second-order valence-electron chi connectivity index (χ2n) is 4.60. The molecule has 0 spiro atoms. The number of ether oxygens (including phenoxy) is 1. The molecular weight excluding hydrogens is 248 g/mol. The summed E-state index contributed by atoms with van der Waals surface area (Å²) in [6.07, 6.45) is 2.81. The van der Waals surface area contributed by atoms with Crippen molar-refractivity contribution in [1.82, 2.24) is 10.3 Å². The highest BCUT2D eigenvalue weighted by Crippen LogP contribution is 2.06. The van der Waals surface area contributed by atoms with E-state index in [0.717, 1.165) is 5.56 Å². The van der Waals surface area contributed by atoms with E-state index in [2.05, 4.69) is 10.3 Å². The molecule has 19 heavy (non-hydrogen) atoms. The summed E-state index contributed by atoms with van der Waals surface area (Å²) in [6.45, 7) is 3.86. The van der Waals surface area contributed by atoms with E-state index >= 15 is 0 Å². The number of alkyl carbamates (subject to hydrolysis) is 1. The van der Waals surface area contributed by atoms with Gasteiger partial charge in [0.15, 0.2) is 0 Å². The molecule has 1 amide bonds. The fourth-order valence-electron chi connectivity index (χ4n) is 1.50. The van der Waals surface area contributed by atoms with Crippen LogP contribution in [-0.4, -0.2) is 28.2 Å². The molecule has 0 saturated carbocycles. The predicted molar refractivity (Wildman–Crippen MR) is 68.4 cm³/mol. The van der Waals surface area contributed by atoms with Crippen molar-refractivity contribution in [1.29, 1.82) is 0 Å². The van der Waals surface area contributed by atoms with Gasteiger partial charge in [0.25, 0.3) is 0 Å². The van der Waals surface area contributed by atoms with Crippen molar-refractivity contribution in [3.05, 3.63) is 30.1 Å². The summed E-state index contributed by atoms with van der Waals surface area (Å²) in [5, 5.41) is 11.3. The molecule has 0 aromatic carbocycles. The van der Waals surface area contributed by atoms with Crippen LogP contribution in [0.25, 0.3) is 0 Å². The molecular formula is C13H18N2O4. The molecule has 1 unspecified atom stereocenters. The van der Waals surface area contributed by atoms with Crippen LogP contribution in [0.15, 0.2) is 24.5 Å². The summed E-state index contributed by atoms with van der Waals surface area (Å²) in [5.74, 6) is -0.892. The summed E-state index contributed by atoms with van der Waals surface area (Å²) < 4.78 is 4.95. The molecule has 1 rings (SSSR count). The van der Waals surface area contributed by atoms with E-state index in [-0.39, 0.29) is 12.5 Å². The van der Waals surface area contributed by atoms with Gasteiger partial charge in [0.2, 0.25) is 0 Å². The van der Waals surface area contributed by atoms with Gasteiger partial charge in [-0.2, -0.15) is 0 Å². The quantitative estimate of drug-likeness (QED) is 0.819. The Balaban J connectivity index is 2.42. The monoisotopic (exact) mass is 266 g/mol. The van der Waals surface area contributed by atoms with Crippen LogP contribution in [0.3, 0.4) is 0 Å². The summed E-state index contributed by atoms with van der Waals surface area (Å²) in [7, 11) is 0. The molecule has 0 saturated heterocycles. The van der Waals surface area contributed by atoms with Crippen molar-refractivity contribution in [2.75, 3.05) is 0 Å². The molecule has 104 valence electrons. The lowest BCUT2D eigenvalue weighted by Gasteiger charge is -2.16. The number of hydrogen-bond acceptors (Lipinski definition) is 4. The third-order valence-corrected chi connectivity index (χ3v) is 2.42. The van der Waals surface area contributed by atoms with Crippen LogP contribution in [0, 0.1) is 5.92 Å². The van der Waals surface area contributed by atoms with Crippen LogP contribution in [0.5, 0.6) is 0 Å².